The van der Waals surface area contributed by atoms with Crippen LogP contribution in [0.15, 0.2) is 18.3 Å². The highest BCUT2D eigenvalue weighted by molar-refractivity contribution is 6.29. The van der Waals surface area contributed by atoms with Gasteiger partial charge in [-0.05, 0) is 12.1 Å². The lowest BCUT2D eigenvalue weighted by Gasteiger charge is -1.97. The van der Waals surface area contributed by atoms with Gasteiger partial charge in [0.25, 0.3) is 0 Å². The Labute approximate surface area is 105 Å². The summed E-state index contributed by atoms with van der Waals surface area (Å²) in [6, 6.07) is 2.78. The van der Waals surface area contributed by atoms with Gasteiger partial charge in [0.2, 0.25) is 5.82 Å². The topological polar surface area (TPSA) is 110 Å². The van der Waals surface area contributed by atoms with Crippen LogP contribution in [0.4, 0.5) is 0 Å². The maximum Gasteiger partial charge on any atom is 0.341 e. The molecule has 8 nitrogen and oxygen atoms in total. The molecule has 2 heterocycles. The summed E-state index contributed by atoms with van der Waals surface area (Å²) < 4.78 is 4.73. The van der Waals surface area contributed by atoms with E-state index in [-0.39, 0.29) is 17.0 Å². The molecule has 0 amide bonds. The molecule has 0 atom stereocenters. The number of carbonyl (C=O) groups is 1. The van der Waals surface area contributed by atoms with Crippen LogP contribution in [0.25, 0.3) is 11.4 Å². The van der Waals surface area contributed by atoms with Crippen molar-refractivity contribution >= 4 is 17.6 Å². The Morgan fingerprint density at radius 3 is 3.00 bits per heavy atom. The number of hydrogen-bond acceptors (Lipinski definition) is 6. The van der Waals surface area contributed by atoms with E-state index in [1.165, 1.54) is 12.3 Å². The molecule has 0 fully saturated rings. The largest absolute Gasteiger partial charge is 0.479 e. The van der Waals surface area contributed by atoms with Crippen LogP contribution in [0, 0.1) is 0 Å². The molecule has 0 aliphatic rings. The lowest BCUT2D eigenvalue weighted by Crippen LogP contribution is -2.10. The summed E-state index contributed by atoms with van der Waals surface area (Å²) in [4.78, 5) is 18.4. The summed E-state index contributed by atoms with van der Waals surface area (Å²) in [5.74, 6) is -1.10. The third-order valence-electron chi connectivity index (χ3n) is 1.88. The van der Waals surface area contributed by atoms with E-state index >= 15 is 0 Å². The first kappa shape index (κ1) is 12.1. The molecule has 2 aromatic rings. The van der Waals surface area contributed by atoms with Gasteiger partial charge < -0.3 is 15.1 Å². The minimum Gasteiger partial charge on any atom is -0.479 e. The number of nitrogens with zero attached hydrogens (tertiary/aromatic N) is 4. The molecule has 2 aromatic heterocycles. The monoisotopic (exact) mass is 270 g/mol. The van der Waals surface area contributed by atoms with Gasteiger partial charge in [-0.2, -0.15) is 4.98 Å². The van der Waals surface area contributed by atoms with Crippen molar-refractivity contribution in [3.05, 3.63) is 23.5 Å². The average Bonchev–Trinajstić information content (AvgIpc) is 2.68. The van der Waals surface area contributed by atoms with Crippen molar-refractivity contribution < 1.29 is 19.8 Å². The molecule has 18 heavy (non-hydrogen) atoms. The molecule has 0 bridgehead atoms. The maximum atomic E-state index is 10.3. The van der Waals surface area contributed by atoms with Crippen LogP contribution in [0.5, 0.6) is 6.01 Å². The van der Waals surface area contributed by atoms with Gasteiger partial charge in [-0.15, -0.1) is 0 Å². The van der Waals surface area contributed by atoms with Crippen molar-refractivity contribution in [3.63, 3.8) is 0 Å². The van der Waals surface area contributed by atoms with Crippen LogP contribution < -0.4 is 4.74 Å². The van der Waals surface area contributed by atoms with Crippen molar-refractivity contribution in [1.29, 1.82) is 0 Å². The third-order valence-corrected chi connectivity index (χ3v) is 2.09. The van der Waals surface area contributed by atoms with E-state index in [0.717, 1.165) is 0 Å². The van der Waals surface area contributed by atoms with E-state index in [0.29, 0.717) is 10.4 Å². The summed E-state index contributed by atoms with van der Waals surface area (Å²) in [6.07, 6.45) is 1.43. The Morgan fingerprint density at radius 1 is 1.56 bits per heavy atom. The highest BCUT2D eigenvalue weighted by Gasteiger charge is 2.13. The summed E-state index contributed by atoms with van der Waals surface area (Å²) in [5, 5.41) is 21.6. The van der Waals surface area contributed by atoms with Gasteiger partial charge in [0.15, 0.2) is 6.61 Å². The number of ether oxygens (including phenoxy) is 1. The molecule has 0 aromatic carbocycles. The lowest BCUT2D eigenvalue weighted by atomic mass is 10.2. The van der Waals surface area contributed by atoms with E-state index in [2.05, 4.69) is 15.1 Å². The molecule has 0 saturated heterocycles. The quantitative estimate of drug-likeness (QED) is 0.621. The molecule has 2 N–H and O–H groups in total. The summed E-state index contributed by atoms with van der Waals surface area (Å²) >= 11 is 5.70. The number of rotatable bonds is 4. The van der Waals surface area contributed by atoms with Crippen LogP contribution in [0.3, 0.4) is 0 Å². The average molecular weight is 271 g/mol. The van der Waals surface area contributed by atoms with E-state index < -0.39 is 12.6 Å². The lowest BCUT2D eigenvalue weighted by molar-refractivity contribution is -0.139. The standard InChI is InChI=1S/C9H7ClN4O4/c10-6-3-5(1-2-11-6)8-12-9(13-14(8)17)18-4-7(15)16/h1-3,17H,4H2,(H,15,16). The second kappa shape index (κ2) is 4.88. The van der Waals surface area contributed by atoms with Crippen LogP contribution in [-0.2, 0) is 4.79 Å². The van der Waals surface area contributed by atoms with Crippen molar-refractivity contribution in [1.82, 2.24) is 19.9 Å². The molecule has 0 radical (unpaired) electrons. The predicted molar refractivity (Wildman–Crippen MR) is 58.6 cm³/mol. The van der Waals surface area contributed by atoms with Gasteiger partial charge >= 0.3 is 12.0 Å². The Kier molecular flexibility index (Phi) is 3.28. The van der Waals surface area contributed by atoms with E-state index in [1.807, 2.05) is 0 Å². The highest BCUT2D eigenvalue weighted by atomic mass is 35.5. The Bertz CT molecular complexity index is 586. The van der Waals surface area contributed by atoms with Gasteiger partial charge in [0.05, 0.1) is 0 Å². The summed E-state index contributed by atoms with van der Waals surface area (Å²) in [7, 11) is 0. The SMILES string of the molecule is O=C(O)COc1nc(-c2ccnc(Cl)c2)n(O)n1. The zero-order valence-electron chi connectivity index (χ0n) is 8.82. The Morgan fingerprint density at radius 2 is 2.33 bits per heavy atom. The molecule has 0 unspecified atom stereocenters. The van der Waals surface area contributed by atoms with Gasteiger partial charge in [-0.1, -0.05) is 21.5 Å². The van der Waals surface area contributed by atoms with Crippen molar-refractivity contribution in [2.24, 2.45) is 0 Å². The van der Waals surface area contributed by atoms with Crippen molar-refractivity contribution in [2.45, 2.75) is 0 Å². The number of carboxylic acids is 1. The van der Waals surface area contributed by atoms with Crippen LogP contribution >= 0.6 is 11.6 Å². The van der Waals surface area contributed by atoms with E-state index in [9.17, 15) is 10.0 Å². The molecule has 0 saturated carbocycles. The fourth-order valence-corrected chi connectivity index (χ4v) is 1.37. The molecule has 0 spiro atoms. The Balaban J connectivity index is 2.26. The number of hydrogen-bond donors (Lipinski definition) is 2. The number of aliphatic carboxylic acids is 1. The molecule has 0 aliphatic heterocycles. The second-order valence-electron chi connectivity index (χ2n) is 3.16. The predicted octanol–water partition coefficient (Wildman–Crippen LogP) is 0.694. The zero-order valence-corrected chi connectivity index (χ0v) is 9.57. The fraction of sp³-hybridized carbons (Fsp3) is 0.111. The Hall–Kier alpha value is -2.35. The highest BCUT2D eigenvalue weighted by Crippen LogP contribution is 2.20. The normalized spacial score (nSPS) is 10.3. The number of halogens is 1. The first-order chi connectivity index (χ1) is 8.56. The third kappa shape index (κ3) is 2.66. The molecule has 9 heteroatoms. The van der Waals surface area contributed by atoms with Crippen LogP contribution in [-0.4, -0.2) is 42.8 Å². The molecule has 0 aliphatic carbocycles. The van der Waals surface area contributed by atoms with E-state index in [4.69, 9.17) is 21.4 Å². The first-order valence-electron chi connectivity index (χ1n) is 4.69. The minimum atomic E-state index is -1.17. The molecular weight excluding hydrogens is 264 g/mol. The fourth-order valence-electron chi connectivity index (χ4n) is 1.20. The summed E-state index contributed by atoms with van der Waals surface area (Å²) in [6.45, 7) is -0.597. The smallest absolute Gasteiger partial charge is 0.341 e. The number of pyridine rings is 1. The van der Waals surface area contributed by atoms with Crippen molar-refractivity contribution in [3.8, 4) is 17.4 Å². The minimum absolute atomic E-state index is 0.0692. The number of aromatic nitrogens is 4. The number of carboxylic acid groups (broad SMARTS) is 1. The first-order valence-corrected chi connectivity index (χ1v) is 5.07. The van der Waals surface area contributed by atoms with Gasteiger partial charge in [0, 0.05) is 11.8 Å². The summed E-state index contributed by atoms with van der Waals surface area (Å²) in [5.41, 5.74) is 0.468. The van der Waals surface area contributed by atoms with Crippen LogP contribution in [0.1, 0.15) is 0 Å². The second-order valence-corrected chi connectivity index (χ2v) is 3.54. The zero-order chi connectivity index (χ0) is 13.1. The van der Waals surface area contributed by atoms with Gasteiger partial charge in [-0.3, -0.25) is 0 Å². The van der Waals surface area contributed by atoms with Crippen molar-refractivity contribution in [2.75, 3.05) is 6.61 Å². The molecule has 2 rings (SSSR count). The van der Waals surface area contributed by atoms with Gasteiger partial charge in [0.1, 0.15) is 5.15 Å². The van der Waals surface area contributed by atoms with E-state index in [1.54, 1.807) is 6.07 Å². The molecule has 94 valence electrons. The maximum absolute atomic E-state index is 10.3. The van der Waals surface area contributed by atoms with Crippen LogP contribution in [0.2, 0.25) is 5.15 Å². The molecular formula is C9H7ClN4O4. The van der Waals surface area contributed by atoms with Gasteiger partial charge in [-0.25, -0.2) is 9.78 Å².